The van der Waals surface area contributed by atoms with Crippen molar-refractivity contribution in [1.29, 1.82) is 0 Å². The van der Waals surface area contributed by atoms with Crippen molar-refractivity contribution >= 4 is 29.9 Å². The van der Waals surface area contributed by atoms with Crippen molar-refractivity contribution in [3.8, 4) is 0 Å². The summed E-state index contributed by atoms with van der Waals surface area (Å²) in [5, 5.41) is 6.37. The molecule has 2 N–H and O–H groups in total. The predicted molar refractivity (Wildman–Crippen MR) is 112 cm³/mol. The molecule has 2 aromatic rings. The molecule has 2 rings (SSSR count). The number of aliphatic imine (C=N–C) groups is 1. The highest BCUT2D eigenvalue weighted by molar-refractivity contribution is 14.0. The van der Waals surface area contributed by atoms with E-state index < -0.39 is 0 Å². The van der Waals surface area contributed by atoms with Crippen LogP contribution in [0.15, 0.2) is 27.6 Å². The normalized spacial score (nSPS) is 11.4. The van der Waals surface area contributed by atoms with Gasteiger partial charge in [0.2, 0.25) is 5.89 Å². The number of aryl methyl sites for hydroxylation is 2. The van der Waals surface area contributed by atoms with Gasteiger partial charge in [0.1, 0.15) is 11.6 Å². The second-order valence-electron chi connectivity index (χ2n) is 6.19. The van der Waals surface area contributed by atoms with Gasteiger partial charge in [0.25, 0.3) is 0 Å². The van der Waals surface area contributed by atoms with E-state index in [-0.39, 0.29) is 29.8 Å². The van der Waals surface area contributed by atoms with E-state index in [4.69, 9.17) is 4.42 Å². The van der Waals surface area contributed by atoms with Gasteiger partial charge in [0.05, 0.1) is 12.2 Å². The molecule has 0 bridgehead atoms. The minimum atomic E-state index is -0.186. The van der Waals surface area contributed by atoms with Crippen LogP contribution in [-0.4, -0.2) is 37.0 Å². The van der Waals surface area contributed by atoms with Crippen LogP contribution >= 0.6 is 24.0 Å². The molecule has 8 heteroatoms. The van der Waals surface area contributed by atoms with E-state index in [2.05, 4.69) is 20.6 Å². The molecule has 6 nitrogen and oxygen atoms in total. The number of halogens is 2. The second kappa shape index (κ2) is 10.5. The lowest BCUT2D eigenvalue weighted by Gasteiger charge is -2.14. The average Bonchev–Trinajstić information content (AvgIpc) is 2.88. The summed E-state index contributed by atoms with van der Waals surface area (Å²) in [5.41, 5.74) is 2.56. The average molecular weight is 475 g/mol. The van der Waals surface area contributed by atoms with Crippen molar-refractivity contribution in [2.45, 2.75) is 33.5 Å². The molecule has 0 atom stereocenters. The molecular formula is C18H27FIN5O. The van der Waals surface area contributed by atoms with Gasteiger partial charge in [-0.05, 0) is 45.6 Å². The summed E-state index contributed by atoms with van der Waals surface area (Å²) in [4.78, 5) is 10.4. The summed E-state index contributed by atoms with van der Waals surface area (Å²) in [7, 11) is 5.54. The van der Waals surface area contributed by atoms with Gasteiger partial charge < -0.3 is 20.0 Å². The van der Waals surface area contributed by atoms with Gasteiger partial charge >= 0.3 is 0 Å². The van der Waals surface area contributed by atoms with Gasteiger partial charge in [0.15, 0.2) is 5.96 Å². The first kappa shape index (κ1) is 22.4. The molecule has 0 radical (unpaired) electrons. The van der Waals surface area contributed by atoms with Crippen molar-refractivity contribution in [1.82, 2.24) is 20.5 Å². The summed E-state index contributed by atoms with van der Waals surface area (Å²) in [6.07, 6.45) is 0. The van der Waals surface area contributed by atoms with Crippen LogP contribution in [0.3, 0.4) is 0 Å². The molecule has 0 spiro atoms. The van der Waals surface area contributed by atoms with Crippen LogP contribution in [0.2, 0.25) is 0 Å². The third-order valence-corrected chi connectivity index (χ3v) is 3.76. The zero-order valence-electron chi connectivity index (χ0n) is 15.9. The monoisotopic (exact) mass is 475 g/mol. The molecule has 0 fully saturated rings. The zero-order chi connectivity index (χ0) is 18.4. The van der Waals surface area contributed by atoms with Gasteiger partial charge in [-0.3, -0.25) is 4.99 Å². The lowest BCUT2D eigenvalue weighted by atomic mass is 10.1. The fraction of sp³-hybridized carbons (Fsp3) is 0.444. The fourth-order valence-corrected chi connectivity index (χ4v) is 2.38. The summed E-state index contributed by atoms with van der Waals surface area (Å²) in [5.74, 6) is 1.88. The molecule has 0 aliphatic rings. The van der Waals surface area contributed by atoms with Crippen LogP contribution in [0.4, 0.5) is 4.39 Å². The number of oxazole rings is 1. The number of rotatable bonds is 6. The first-order valence-corrected chi connectivity index (χ1v) is 8.18. The van der Waals surface area contributed by atoms with Gasteiger partial charge in [-0.15, -0.1) is 24.0 Å². The highest BCUT2D eigenvalue weighted by Gasteiger charge is 2.08. The van der Waals surface area contributed by atoms with E-state index >= 15 is 0 Å². The van der Waals surface area contributed by atoms with Gasteiger partial charge in [-0.25, -0.2) is 9.37 Å². The van der Waals surface area contributed by atoms with Crippen LogP contribution in [-0.2, 0) is 19.6 Å². The first-order chi connectivity index (χ1) is 11.9. The molecule has 0 amide bonds. The van der Waals surface area contributed by atoms with Crippen molar-refractivity contribution in [3.05, 3.63) is 52.5 Å². The van der Waals surface area contributed by atoms with E-state index in [9.17, 15) is 4.39 Å². The van der Waals surface area contributed by atoms with Gasteiger partial charge in [0, 0.05) is 25.7 Å². The van der Waals surface area contributed by atoms with Crippen molar-refractivity contribution < 1.29 is 8.81 Å². The minimum Gasteiger partial charge on any atom is -0.444 e. The largest absolute Gasteiger partial charge is 0.444 e. The number of hydrogen-bond acceptors (Lipinski definition) is 4. The summed E-state index contributed by atoms with van der Waals surface area (Å²) >= 11 is 0. The molecule has 144 valence electrons. The van der Waals surface area contributed by atoms with E-state index in [1.807, 2.05) is 38.9 Å². The third-order valence-electron chi connectivity index (χ3n) is 3.76. The van der Waals surface area contributed by atoms with Crippen LogP contribution in [0, 0.1) is 19.7 Å². The van der Waals surface area contributed by atoms with E-state index in [0.717, 1.165) is 17.0 Å². The summed E-state index contributed by atoms with van der Waals surface area (Å²) in [6.45, 7) is 5.36. The Morgan fingerprint density at radius 2 is 1.92 bits per heavy atom. The zero-order valence-corrected chi connectivity index (χ0v) is 18.2. The van der Waals surface area contributed by atoms with Crippen LogP contribution in [0.25, 0.3) is 0 Å². The quantitative estimate of drug-likeness (QED) is 0.382. The molecule has 0 aliphatic carbocycles. The Kier molecular flexibility index (Phi) is 9.00. The lowest BCUT2D eigenvalue weighted by Crippen LogP contribution is -2.36. The van der Waals surface area contributed by atoms with Crippen LogP contribution in [0.5, 0.6) is 0 Å². The Hall–Kier alpha value is -1.68. The molecule has 0 aliphatic heterocycles. The Bertz CT molecular complexity index is 726. The number of benzene rings is 1. The number of nitrogens with one attached hydrogen (secondary N) is 2. The Balaban J connectivity index is 0.00000338. The number of guanidine groups is 1. The fourth-order valence-electron chi connectivity index (χ4n) is 2.38. The molecule has 0 saturated heterocycles. The van der Waals surface area contributed by atoms with E-state index in [1.165, 1.54) is 6.07 Å². The predicted octanol–water partition coefficient (Wildman–Crippen LogP) is 2.98. The SMILES string of the molecule is CN=C(NCc1ccc(F)c(CN(C)C)c1)NCc1nc(C)c(C)o1.I. The third kappa shape index (κ3) is 6.56. The second-order valence-corrected chi connectivity index (χ2v) is 6.19. The Labute approximate surface area is 171 Å². The lowest BCUT2D eigenvalue weighted by molar-refractivity contribution is 0.392. The van der Waals surface area contributed by atoms with E-state index in [1.54, 1.807) is 13.1 Å². The molecular weight excluding hydrogens is 448 g/mol. The Morgan fingerprint density at radius 3 is 2.50 bits per heavy atom. The molecule has 1 aromatic heterocycles. The van der Waals surface area contributed by atoms with E-state index in [0.29, 0.717) is 37.0 Å². The molecule has 1 heterocycles. The minimum absolute atomic E-state index is 0. The molecule has 0 saturated carbocycles. The maximum absolute atomic E-state index is 13.8. The maximum Gasteiger partial charge on any atom is 0.214 e. The van der Waals surface area contributed by atoms with Crippen molar-refractivity contribution in [2.75, 3.05) is 21.1 Å². The van der Waals surface area contributed by atoms with Gasteiger partial charge in [-0.2, -0.15) is 0 Å². The highest BCUT2D eigenvalue weighted by Crippen LogP contribution is 2.12. The van der Waals surface area contributed by atoms with Crippen molar-refractivity contribution in [3.63, 3.8) is 0 Å². The summed E-state index contributed by atoms with van der Waals surface area (Å²) in [6, 6.07) is 5.15. The summed E-state index contributed by atoms with van der Waals surface area (Å²) < 4.78 is 19.4. The first-order valence-electron chi connectivity index (χ1n) is 8.18. The molecule has 26 heavy (non-hydrogen) atoms. The number of hydrogen-bond donors (Lipinski definition) is 2. The van der Waals surface area contributed by atoms with Crippen LogP contribution < -0.4 is 10.6 Å². The smallest absolute Gasteiger partial charge is 0.214 e. The van der Waals surface area contributed by atoms with Crippen LogP contribution in [0.1, 0.15) is 28.5 Å². The highest BCUT2D eigenvalue weighted by atomic mass is 127. The maximum atomic E-state index is 13.8. The molecule has 0 unspecified atom stereocenters. The number of aromatic nitrogens is 1. The van der Waals surface area contributed by atoms with Gasteiger partial charge in [-0.1, -0.05) is 6.07 Å². The molecule has 1 aromatic carbocycles. The Morgan fingerprint density at radius 1 is 1.23 bits per heavy atom. The number of nitrogens with zero attached hydrogens (tertiary/aromatic N) is 3. The standard InChI is InChI=1S/C18H26FN5O.HI/c1-12-13(2)25-17(23-12)10-22-18(20-3)21-9-14-6-7-16(19)15(8-14)11-24(4)5;/h6-8H,9-11H2,1-5H3,(H2,20,21,22);1H. The van der Waals surface area contributed by atoms with Crippen molar-refractivity contribution in [2.24, 2.45) is 4.99 Å². The topological polar surface area (TPSA) is 65.7 Å².